The molecule has 0 saturated carbocycles. The van der Waals surface area contributed by atoms with Crippen molar-refractivity contribution in [3.05, 3.63) is 35.9 Å². The van der Waals surface area contributed by atoms with Gasteiger partial charge in [-0.15, -0.1) is 0 Å². The van der Waals surface area contributed by atoms with Gasteiger partial charge >= 0.3 is 0 Å². The number of rotatable bonds is 4. The van der Waals surface area contributed by atoms with Crippen molar-refractivity contribution in [3.8, 4) is 0 Å². The summed E-state index contributed by atoms with van der Waals surface area (Å²) in [5.74, 6) is 0.810. The molecule has 2 heterocycles. The number of hydrogen-bond acceptors (Lipinski definition) is 3. The van der Waals surface area contributed by atoms with E-state index in [1.54, 1.807) is 0 Å². The van der Waals surface area contributed by atoms with Gasteiger partial charge in [0.1, 0.15) is 0 Å². The molecule has 0 aromatic heterocycles. The lowest BCUT2D eigenvalue weighted by Gasteiger charge is -2.31. The fraction of sp³-hybridized carbons (Fsp3) is 0.632. The second-order valence-electron chi connectivity index (χ2n) is 7.59. The zero-order valence-electron chi connectivity index (χ0n) is 14.3. The molecule has 3 rings (SSSR count). The van der Waals surface area contributed by atoms with Crippen LogP contribution in [-0.2, 0) is 16.1 Å². The Balaban J connectivity index is 1.68. The Morgan fingerprint density at radius 1 is 1.22 bits per heavy atom. The molecule has 0 unspecified atom stereocenters. The van der Waals surface area contributed by atoms with Crippen molar-refractivity contribution in [2.75, 3.05) is 39.4 Å². The van der Waals surface area contributed by atoms with Gasteiger partial charge in [0, 0.05) is 44.6 Å². The number of ether oxygens (including phenoxy) is 1. The van der Waals surface area contributed by atoms with Gasteiger partial charge < -0.3 is 9.64 Å². The summed E-state index contributed by atoms with van der Waals surface area (Å²) in [7, 11) is 0. The van der Waals surface area contributed by atoms with Gasteiger partial charge in [-0.1, -0.05) is 44.2 Å². The highest BCUT2D eigenvalue weighted by atomic mass is 16.5. The lowest BCUT2D eigenvalue weighted by atomic mass is 9.87. The summed E-state index contributed by atoms with van der Waals surface area (Å²) >= 11 is 0. The van der Waals surface area contributed by atoms with Gasteiger partial charge in [-0.05, 0) is 11.5 Å². The van der Waals surface area contributed by atoms with Crippen LogP contribution in [-0.4, -0.2) is 55.1 Å². The van der Waals surface area contributed by atoms with E-state index in [-0.39, 0.29) is 5.41 Å². The fourth-order valence-electron chi connectivity index (χ4n) is 3.85. The van der Waals surface area contributed by atoms with Crippen molar-refractivity contribution in [2.24, 2.45) is 11.3 Å². The van der Waals surface area contributed by atoms with Gasteiger partial charge in [0.2, 0.25) is 5.91 Å². The van der Waals surface area contributed by atoms with E-state index in [9.17, 15) is 4.79 Å². The highest BCUT2D eigenvalue weighted by Crippen LogP contribution is 2.35. The van der Waals surface area contributed by atoms with E-state index in [4.69, 9.17) is 4.74 Å². The van der Waals surface area contributed by atoms with Gasteiger partial charge in [-0.25, -0.2) is 0 Å². The summed E-state index contributed by atoms with van der Waals surface area (Å²) in [6.45, 7) is 10.3. The average Bonchev–Trinajstić information content (AvgIpc) is 2.67. The number of carbonyl (C=O) groups excluding carboxylic acids is 1. The van der Waals surface area contributed by atoms with Crippen LogP contribution in [0.25, 0.3) is 0 Å². The number of carbonyl (C=O) groups is 1. The molecule has 2 saturated heterocycles. The molecule has 0 N–H and O–H groups in total. The smallest absolute Gasteiger partial charge is 0.223 e. The van der Waals surface area contributed by atoms with Crippen molar-refractivity contribution >= 4 is 5.91 Å². The first-order valence-electron chi connectivity index (χ1n) is 8.68. The van der Waals surface area contributed by atoms with Gasteiger partial charge in [0.25, 0.3) is 0 Å². The summed E-state index contributed by atoms with van der Waals surface area (Å²) < 4.78 is 5.88. The van der Waals surface area contributed by atoms with Gasteiger partial charge in [-0.2, -0.15) is 0 Å². The maximum absolute atomic E-state index is 12.4. The Morgan fingerprint density at radius 3 is 2.74 bits per heavy atom. The van der Waals surface area contributed by atoms with E-state index >= 15 is 0 Å². The summed E-state index contributed by atoms with van der Waals surface area (Å²) in [4.78, 5) is 16.9. The first-order valence-corrected chi connectivity index (χ1v) is 8.68. The first-order chi connectivity index (χ1) is 11.1. The van der Waals surface area contributed by atoms with Crippen LogP contribution in [0.3, 0.4) is 0 Å². The Morgan fingerprint density at radius 2 is 2.00 bits per heavy atom. The number of amides is 1. The van der Waals surface area contributed by atoms with Crippen molar-refractivity contribution < 1.29 is 9.53 Å². The normalized spacial score (nSPS) is 26.2. The molecule has 0 aliphatic carbocycles. The Hall–Kier alpha value is -1.39. The quantitative estimate of drug-likeness (QED) is 0.855. The van der Waals surface area contributed by atoms with Crippen molar-refractivity contribution in [1.29, 1.82) is 0 Å². The molecular weight excluding hydrogens is 288 g/mol. The first kappa shape index (κ1) is 16.5. The van der Waals surface area contributed by atoms with E-state index in [0.717, 1.165) is 39.3 Å². The fourth-order valence-corrected chi connectivity index (χ4v) is 3.85. The van der Waals surface area contributed by atoms with Crippen LogP contribution in [0.1, 0.15) is 25.8 Å². The molecule has 0 bridgehead atoms. The molecule has 4 heteroatoms. The second-order valence-corrected chi connectivity index (χ2v) is 7.59. The number of nitrogens with zero attached hydrogens (tertiary/aromatic N) is 2. The number of likely N-dealkylation sites (tertiary alicyclic amines) is 1. The molecule has 2 fully saturated rings. The van der Waals surface area contributed by atoms with Crippen molar-refractivity contribution in [3.63, 3.8) is 0 Å². The molecule has 1 aromatic carbocycles. The molecule has 1 aromatic rings. The Bertz CT molecular complexity index is 531. The third-order valence-corrected chi connectivity index (χ3v) is 4.76. The lowest BCUT2D eigenvalue weighted by molar-refractivity contribution is -0.128. The highest BCUT2D eigenvalue weighted by Gasteiger charge is 2.45. The minimum Gasteiger partial charge on any atom is -0.379 e. The summed E-state index contributed by atoms with van der Waals surface area (Å²) in [6.07, 6.45) is 0.630. The topological polar surface area (TPSA) is 32.8 Å². The average molecular weight is 316 g/mol. The van der Waals surface area contributed by atoms with Crippen LogP contribution in [0.4, 0.5) is 0 Å². The van der Waals surface area contributed by atoms with Crippen LogP contribution in [0.5, 0.6) is 0 Å². The highest BCUT2D eigenvalue weighted by molar-refractivity contribution is 5.79. The molecule has 1 amide bonds. The van der Waals surface area contributed by atoms with Crippen molar-refractivity contribution in [2.45, 2.75) is 26.8 Å². The molecule has 2 aliphatic heterocycles. The molecule has 23 heavy (non-hydrogen) atoms. The second kappa shape index (κ2) is 7.02. The SMILES string of the molecule is CC(C)CN1C[C@@]2(COCCN(Cc3ccccc3)C2)CC1=O. The molecule has 1 atom stereocenters. The van der Waals surface area contributed by atoms with Crippen molar-refractivity contribution in [1.82, 2.24) is 9.80 Å². The van der Waals surface area contributed by atoms with Crippen LogP contribution >= 0.6 is 0 Å². The van der Waals surface area contributed by atoms with Crippen LogP contribution in [0.2, 0.25) is 0 Å². The number of benzene rings is 1. The van der Waals surface area contributed by atoms with Crippen LogP contribution in [0, 0.1) is 11.3 Å². The Labute approximate surface area is 139 Å². The number of hydrogen-bond donors (Lipinski definition) is 0. The Kier molecular flexibility index (Phi) is 5.02. The third-order valence-electron chi connectivity index (χ3n) is 4.76. The molecule has 126 valence electrons. The van der Waals surface area contributed by atoms with Crippen LogP contribution < -0.4 is 0 Å². The molecule has 1 spiro atoms. The molecular formula is C19H28N2O2. The van der Waals surface area contributed by atoms with E-state index < -0.39 is 0 Å². The van der Waals surface area contributed by atoms with E-state index in [2.05, 4.69) is 49.1 Å². The maximum Gasteiger partial charge on any atom is 0.223 e. The third kappa shape index (κ3) is 4.12. The minimum absolute atomic E-state index is 0.0305. The zero-order valence-corrected chi connectivity index (χ0v) is 14.3. The van der Waals surface area contributed by atoms with Gasteiger partial charge in [0.05, 0.1) is 13.2 Å². The van der Waals surface area contributed by atoms with Gasteiger partial charge in [-0.3, -0.25) is 9.69 Å². The molecule has 2 aliphatic rings. The maximum atomic E-state index is 12.4. The monoisotopic (exact) mass is 316 g/mol. The molecule has 0 radical (unpaired) electrons. The largest absolute Gasteiger partial charge is 0.379 e. The van der Waals surface area contributed by atoms with Crippen LogP contribution in [0.15, 0.2) is 30.3 Å². The summed E-state index contributed by atoms with van der Waals surface area (Å²) in [6, 6.07) is 10.6. The van der Waals surface area contributed by atoms with E-state index in [1.807, 2.05) is 4.90 Å². The van der Waals surface area contributed by atoms with Gasteiger partial charge in [0.15, 0.2) is 0 Å². The van der Waals surface area contributed by atoms with E-state index in [1.165, 1.54) is 5.56 Å². The lowest BCUT2D eigenvalue weighted by Crippen LogP contribution is -2.41. The predicted octanol–water partition coefficient (Wildman–Crippen LogP) is 2.39. The summed E-state index contributed by atoms with van der Waals surface area (Å²) in [5, 5.41) is 0. The predicted molar refractivity (Wildman–Crippen MR) is 91.0 cm³/mol. The molecule has 4 nitrogen and oxygen atoms in total. The summed E-state index contributed by atoms with van der Waals surface area (Å²) in [5.41, 5.74) is 1.30. The zero-order chi connectivity index (χ0) is 16.3. The minimum atomic E-state index is -0.0305. The van der Waals surface area contributed by atoms with E-state index in [0.29, 0.717) is 24.9 Å². The standard InChI is InChI=1S/C19H28N2O2/c1-16(2)11-21-14-19(10-18(21)22)13-20(8-9-23-15-19)12-17-6-4-3-5-7-17/h3-7,16H,8-15H2,1-2H3/t19-/m1/s1.